The van der Waals surface area contributed by atoms with Gasteiger partial charge in [0.1, 0.15) is 11.6 Å². The molecule has 0 aromatic rings. The van der Waals surface area contributed by atoms with Gasteiger partial charge in [0.25, 0.3) is 0 Å². The van der Waals surface area contributed by atoms with E-state index in [2.05, 4.69) is 0 Å². The Balaban J connectivity index is 1.85. The summed E-state index contributed by atoms with van der Waals surface area (Å²) in [7, 11) is 2.58. The molecule has 6 heteroatoms. The lowest BCUT2D eigenvalue weighted by Gasteiger charge is -2.50. The van der Waals surface area contributed by atoms with Crippen molar-refractivity contribution in [2.75, 3.05) is 14.2 Å². The third-order valence-electron chi connectivity index (χ3n) is 7.56. The summed E-state index contributed by atoms with van der Waals surface area (Å²) in [4.78, 5) is 50.5. The molecule has 6 saturated carbocycles. The van der Waals surface area contributed by atoms with Gasteiger partial charge < -0.3 is 9.47 Å². The van der Waals surface area contributed by atoms with Crippen LogP contribution >= 0.6 is 0 Å². The highest BCUT2D eigenvalue weighted by molar-refractivity contribution is 6.08. The van der Waals surface area contributed by atoms with E-state index in [0.717, 1.165) is 0 Å². The lowest BCUT2D eigenvalue weighted by atomic mass is 9.49. The maximum absolute atomic E-state index is 12.8. The minimum absolute atomic E-state index is 0.0212. The number of esters is 2. The number of Topliss-reactive ketones (excluding diaryl/α,β-unsaturated/α-hetero) is 2. The summed E-state index contributed by atoms with van der Waals surface area (Å²) < 4.78 is 10.1. The fraction of sp³-hybridized carbons (Fsp3) is 0.750. The fourth-order valence-electron chi connectivity index (χ4n) is 7.70. The first kappa shape index (κ1) is 12.8. The molecule has 0 amide bonds. The number of hydrogen-bond donors (Lipinski definition) is 0. The number of hydrogen-bond acceptors (Lipinski definition) is 6. The summed E-state index contributed by atoms with van der Waals surface area (Å²) in [6, 6.07) is 0. The molecule has 6 aliphatic carbocycles. The van der Waals surface area contributed by atoms with Crippen molar-refractivity contribution in [1.82, 2.24) is 0 Å². The first-order valence-electron chi connectivity index (χ1n) is 7.71. The average molecular weight is 304 g/mol. The number of rotatable bonds is 2. The number of ether oxygens (including phenoxy) is 2. The summed E-state index contributed by atoms with van der Waals surface area (Å²) in [5.74, 6) is -2.29. The van der Waals surface area contributed by atoms with Gasteiger partial charge in [0, 0.05) is 24.7 Å². The first-order chi connectivity index (χ1) is 10.5. The van der Waals surface area contributed by atoms with Crippen LogP contribution in [0.2, 0.25) is 0 Å². The monoisotopic (exact) mass is 304 g/mol. The normalized spacial score (nSPS) is 55.4. The Kier molecular flexibility index (Phi) is 1.91. The predicted octanol–water partition coefficient (Wildman–Crippen LogP) is -0.0112. The molecule has 8 unspecified atom stereocenters. The molecule has 6 aliphatic rings. The molecule has 0 spiro atoms. The molecule has 8 bridgehead atoms. The molecule has 0 heterocycles. The van der Waals surface area contributed by atoms with Crippen molar-refractivity contribution >= 4 is 23.5 Å². The zero-order chi connectivity index (χ0) is 15.6. The Bertz CT molecular complexity index is 624. The van der Waals surface area contributed by atoms with Crippen molar-refractivity contribution in [2.45, 2.75) is 12.8 Å². The molecule has 0 radical (unpaired) electrons. The van der Waals surface area contributed by atoms with Crippen LogP contribution in [0.15, 0.2) is 0 Å². The van der Waals surface area contributed by atoms with Crippen LogP contribution < -0.4 is 0 Å². The Morgan fingerprint density at radius 3 is 1.55 bits per heavy atom. The number of methoxy groups -OCH3 is 2. The van der Waals surface area contributed by atoms with E-state index < -0.39 is 34.6 Å². The van der Waals surface area contributed by atoms with E-state index in [4.69, 9.17) is 9.47 Å². The summed E-state index contributed by atoms with van der Waals surface area (Å²) in [6.07, 6.45) is 0.576. The van der Waals surface area contributed by atoms with Gasteiger partial charge in [0.2, 0.25) is 0 Å². The molecule has 0 N–H and O–H groups in total. The van der Waals surface area contributed by atoms with Crippen LogP contribution in [0.3, 0.4) is 0 Å². The van der Waals surface area contributed by atoms with E-state index in [1.165, 1.54) is 14.2 Å². The Labute approximate surface area is 126 Å². The van der Waals surface area contributed by atoms with Gasteiger partial charge in [-0.1, -0.05) is 0 Å². The van der Waals surface area contributed by atoms with Crippen LogP contribution in [0.1, 0.15) is 12.8 Å². The molecule has 8 atom stereocenters. The maximum Gasteiger partial charge on any atom is 0.314 e. The van der Waals surface area contributed by atoms with Gasteiger partial charge in [-0.25, -0.2) is 0 Å². The molecule has 6 fully saturated rings. The van der Waals surface area contributed by atoms with Crippen LogP contribution in [-0.4, -0.2) is 37.7 Å². The van der Waals surface area contributed by atoms with E-state index >= 15 is 0 Å². The van der Waals surface area contributed by atoms with Crippen LogP contribution in [0.25, 0.3) is 0 Å². The standard InChI is InChI=1S/C16H16O6/c1-21-13(19)15-5-3-8(18)12-9(5)10-6(4-7(17)11(10)15)16(12,15)14(20)22-2/h5-6,9-12H,3-4H2,1-2H3. The smallest absolute Gasteiger partial charge is 0.314 e. The topological polar surface area (TPSA) is 86.7 Å². The molecular formula is C16H16O6. The third kappa shape index (κ3) is 0.787. The second kappa shape index (κ2) is 3.29. The molecule has 0 aliphatic heterocycles. The summed E-state index contributed by atoms with van der Waals surface area (Å²) in [5.41, 5.74) is -2.30. The van der Waals surface area contributed by atoms with Crippen molar-refractivity contribution in [3.63, 3.8) is 0 Å². The van der Waals surface area contributed by atoms with Crippen LogP contribution in [0.4, 0.5) is 0 Å². The predicted molar refractivity (Wildman–Crippen MR) is 69.1 cm³/mol. The largest absolute Gasteiger partial charge is 0.469 e. The van der Waals surface area contributed by atoms with Crippen LogP contribution in [0.5, 0.6) is 0 Å². The molecular weight excluding hydrogens is 288 g/mol. The van der Waals surface area contributed by atoms with Crippen molar-refractivity contribution in [3.8, 4) is 0 Å². The van der Waals surface area contributed by atoms with Gasteiger partial charge in [-0.3, -0.25) is 19.2 Å². The lowest BCUT2D eigenvalue weighted by Crippen LogP contribution is -2.63. The minimum atomic E-state index is -1.15. The fourth-order valence-corrected chi connectivity index (χ4v) is 7.70. The number of carbonyl (C=O) groups excluding carboxylic acids is 4. The van der Waals surface area contributed by atoms with Crippen molar-refractivity contribution in [3.05, 3.63) is 0 Å². The average Bonchev–Trinajstić information content (AvgIpc) is 3.25. The molecule has 0 aromatic heterocycles. The highest BCUT2D eigenvalue weighted by Crippen LogP contribution is 2.91. The summed E-state index contributed by atoms with van der Waals surface area (Å²) >= 11 is 0. The highest BCUT2D eigenvalue weighted by atomic mass is 16.5. The zero-order valence-corrected chi connectivity index (χ0v) is 12.3. The molecule has 0 aromatic carbocycles. The first-order valence-corrected chi connectivity index (χ1v) is 7.71. The third-order valence-corrected chi connectivity index (χ3v) is 7.56. The van der Waals surface area contributed by atoms with E-state index in [1.54, 1.807) is 0 Å². The van der Waals surface area contributed by atoms with Crippen LogP contribution in [0, 0.1) is 46.3 Å². The van der Waals surface area contributed by atoms with E-state index in [-0.39, 0.29) is 48.1 Å². The Morgan fingerprint density at radius 2 is 1.23 bits per heavy atom. The Hall–Kier alpha value is -1.72. The zero-order valence-electron chi connectivity index (χ0n) is 12.3. The molecule has 6 nitrogen and oxygen atoms in total. The number of ketones is 2. The number of carbonyl (C=O) groups is 4. The second-order valence-electron chi connectivity index (χ2n) is 7.39. The van der Waals surface area contributed by atoms with Gasteiger partial charge in [-0.05, 0) is 23.7 Å². The molecule has 0 saturated heterocycles. The molecule has 6 rings (SSSR count). The summed E-state index contributed by atoms with van der Waals surface area (Å²) in [6.45, 7) is 0. The summed E-state index contributed by atoms with van der Waals surface area (Å²) in [5, 5.41) is 0. The lowest BCUT2D eigenvalue weighted by molar-refractivity contribution is -0.194. The molecule has 116 valence electrons. The van der Waals surface area contributed by atoms with Gasteiger partial charge >= 0.3 is 11.9 Å². The SMILES string of the molecule is COC(=O)C12C3CC(=O)C4C3C3C(CC(=O)C31)C42C(=O)OC. The van der Waals surface area contributed by atoms with Crippen molar-refractivity contribution in [2.24, 2.45) is 46.3 Å². The van der Waals surface area contributed by atoms with Crippen LogP contribution in [-0.2, 0) is 28.7 Å². The van der Waals surface area contributed by atoms with Gasteiger partial charge in [0.15, 0.2) is 0 Å². The van der Waals surface area contributed by atoms with Gasteiger partial charge in [0.05, 0.1) is 25.0 Å². The molecule has 22 heavy (non-hydrogen) atoms. The quantitative estimate of drug-likeness (QED) is 0.667. The van der Waals surface area contributed by atoms with E-state index in [0.29, 0.717) is 0 Å². The van der Waals surface area contributed by atoms with Gasteiger partial charge in [-0.2, -0.15) is 0 Å². The van der Waals surface area contributed by atoms with E-state index in [1.807, 2.05) is 0 Å². The van der Waals surface area contributed by atoms with Gasteiger partial charge in [-0.15, -0.1) is 0 Å². The highest BCUT2D eigenvalue weighted by Gasteiger charge is 2.99. The van der Waals surface area contributed by atoms with Crippen molar-refractivity contribution < 1.29 is 28.7 Å². The Morgan fingerprint density at radius 1 is 0.864 bits per heavy atom. The van der Waals surface area contributed by atoms with Crippen molar-refractivity contribution in [1.29, 1.82) is 0 Å². The van der Waals surface area contributed by atoms with E-state index in [9.17, 15) is 19.2 Å². The maximum atomic E-state index is 12.8. The minimum Gasteiger partial charge on any atom is -0.469 e. The second-order valence-corrected chi connectivity index (χ2v) is 7.39.